The van der Waals surface area contributed by atoms with E-state index in [1.54, 1.807) is 11.4 Å². The van der Waals surface area contributed by atoms with E-state index in [4.69, 9.17) is 5.11 Å². The Balaban J connectivity index is 1.56. The number of thiophene rings is 1. The average molecular weight is 349 g/mol. The molecule has 2 aromatic rings. The lowest BCUT2D eigenvalue weighted by atomic mass is 10.2. The van der Waals surface area contributed by atoms with Gasteiger partial charge in [0.1, 0.15) is 10.7 Å². The van der Waals surface area contributed by atoms with Gasteiger partial charge in [-0.15, -0.1) is 11.3 Å². The summed E-state index contributed by atoms with van der Waals surface area (Å²) in [5.74, 6) is 0.345. The Morgan fingerprint density at radius 3 is 3.08 bits per heavy atom. The summed E-state index contributed by atoms with van der Waals surface area (Å²) in [6, 6.07) is 1.75. The van der Waals surface area contributed by atoms with Crippen molar-refractivity contribution >= 4 is 28.9 Å². The van der Waals surface area contributed by atoms with Crippen LogP contribution in [0.1, 0.15) is 46.6 Å². The summed E-state index contributed by atoms with van der Waals surface area (Å²) >= 11 is 1.10. The van der Waals surface area contributed by atoms with Gasteiger partial charge in [-0.3, -0.25) is 14.8 Å². The highest BCUT2D eigenvalue weighted by atomic mass is 32.1. The largest absolute Gasteiger partial charge is 0.477 e. The minimum absolute atomic E-state index is 0.137. The number of carboxylic acid groups (broad SMARTS) is 1. The highest BCUT2D eigenvalue weighted by Crippen LogP contribution is 2.29. The Hall–Kier alpha value is -2.26. The van der Waals surface area contributed by atoms with Crippen molar-refractivity contribution in [3.8, 4) is 0 Å². The van der Waals surface area contributed by atoms with Gasteiger partial charge in [0, 0.05) is 13.0 Å². The van der Waals surface area contributed by atoms with Gasteiger partial charge in [-0.25, -0.2) is 9.78 Å². The van der Waals surface area contributed by atoms with Gasteiger partial charge < -0.3 is 10.4 Å². The zero-order valence-electron chi connectivity index (χ0n) is 13.3. The van der Waals surface area contributed by atoms with E-state index in [2.05, 4.69) is 25.4 Å². The number of nitrogens with zero attached hydrogens (tertiary/aromatic N) is 3. The van der Waals surface area contributed by atoms with Crippen LogP contribution < -0.4 is 5.32 Å². The number of carbonyl (C=O) groups excluding carboxylic acids is 1. The van der Waals surface area contributed by atoms with Crippen LogP contribution >= 0.6 is 11.3 Å². The van der Waals surface area contributed by atoms with Crippen molar-refractivity contribution in [2.24, 2.45) is 0 Å². The normalized spacial score (nSPS) is 18.0. The van der Waals surface area contributed by atoms with Crippen molar-refractivity contribution in [2.75, 3.05) is 18.4 Å². The number of anilines is 1. The third-order valence-electron chi connectivity index (χ3n) is 4.04. The molecule has 128 valence electrons. The van der Waals surface area contributed by atoms with Crippen molar-refractivity contribution in [3.63, 3.8) is 0 Å². The molecule has 24 heavy (non-hydrogen) atoms. The number of aryl methyl sites for hydroxylation is 1. The zero-order valence-corrected chi connectivity index (χ0v) is 14.1. The highest BCUT2D eigenvalue weighted by Gasteiger charge is 2.29. The number of amides is 1. The number of carbonyl (C=O) groups is 2. The highest BCUT2D eigenvalue weighted by molar-refractivity contribution is 7.12. The van der Waals surface area contributed by atoms with Crippen molar-refractivity contribution in [2.45, 2.75) is 32.2 Å². The molecule has 3 rings (SSSR count). The third kappa shape index (κ3) is 3.62. The van der Waals surface area contributed by atoms with E-state index in [0.29, 0.717) is 18.7 Å². The first kappa shape index (κ1) is 16.6. The van der Waals surface area contributed by atoms with Crippen LogP contribution in [0.15, 0.2) is 11.4 Å². The van der Waals surface area contributed by atoms with Gasteiger partial charge in [-0.05, 0) is 37.8 Å². The Kier molecular flexibility index (Phi) is 4.91. The minimum Gasteiger partial charge on any atom is -0.477 e. The molecule has 0 radical (unpaired) electrons. The van der Waals surface area contributed by atoms with Crippen molar-refractivity contribution < 1.29 is 14.7 Å². The van der Waals surface area contributed by atoms with E-state index in [9.17, 15) is 9.59 Å². The molecule has 1 unspecified atom stereocenters. The molecule has 1 aliphatic heterocycles. The molecule has 0 aliphatic carbocycles. The fourth-order valence-corrected chi connectivity index (χ4v) is 3.61. The number of likely N-dealkylation sites (tertiary alicyclic amines) is 1. The number of nitrogens with one attached hydrogen (secondary N) is 2. The second kappa shape index (κ2) is 7.10. The molecule has 3 N–H and O–H groups in total. The summed E-state index contributed by atoms with van der Waals surface area (Å²) in [5.41, 5.74) is 0.361. The van der Waals surface area contributed by atoms with E-state index in [0.717, 1.165) is 42.4 Å². The maximum atomic E-state index is 12.1. The van der Waals surface area contributed by atoms with Crippen LogP contribution in [0.4, 0.5) is 5.69 Å². The number of aromatic nitrogens is 3. The standard InChI is InChI=1S/C15H19N5O3S/c1-9-16-14(19-18-9)11-3-2-6-20(11)7-4-12(21)17-10-5-8-24-13(10)15(22)23/h5,8,11H,2-4,6-7H2,1H3,(H,17,21)(H,22,23)(H,16,18,19). The summed E-state index contributed by atoms with van der Waals surface area (Å²) in [6.45, 7) is 3.37. The maximum Gasteiger partial charge on any atom is 0.348 e. The van der Waals surface area contributed by atoms with Gasteiger partial charge >= 0.3 is 5.97 Å². The molecule has 1 saturated heterocycles. The Morgan fingerprint density at radius 1 is 1.54 bits per heavy atom. The van der Waals surface area contributed by atoms with Crippen molar-refractivity contribution in [3.05, 3.63) is 28.0 Å². The van der Waals surface area contributed by atoms with Gasteiger partial charge in [-0.1, -0.05) is 0 Å². The Bertz CT molecular complexity index is 741. The predicted molar refractivity (Wildman–Crippen MR) is 89.2 cm³/mol. The van der Waals surface area contributed by atoms with E-state index in [-0.39, 0.29) is 16.8 Å². The van der Waals surface area contributed by atoms with Crippen LogP contribution in [0.3, 0.4) is 0 Å². The number of hydrogen-bond donors (Lipinski definition) is 3. The molecule has 0 bridgehead atoms. The first-order chi connectivity index (χ1) is 11.5. The molecule has 0 aromatic carbocycles. The van der Waals surface area contributed by atoms with Gasteiger partial charge in [0.2, 0.25) is 5.91 Å². The lowest BCUT2D eigenvalue weighted by molar-refractivity contribution is -0.116. The summed E-state index contributed by atoms with van der Waals surface area (Å²) in [6.07, 6.45) is 2.33. The molecule has 1 aliphatic rings. The quantitative estimate of drug-likeness (QED) is 0.736. The van der Waals surface area contributed by atoms with Crippen LogP contribution in [0.25, 0.3) is 0 Å². The molecule has 0 saturated carbocycles. The second-order valence-corrected chi connectivity index (χ2v) is 6.66. The fourth-order valence-electron chi connectivity index (χ4n) is 2.93. The zero-order chi connectivity index (χ0) is 17.1. The summed E-state index contributed by atoms with van der Waals surface area (Å²) in [7, 11) is 0. The number of H-pyrrole nitrogens is 1. The van der Waals surface area contributed by atoms with Gasteiger partial charge in [-0.2, -0.15) is 5.10 Å². The average Bonchev–Trinajstić information content (AvgIpc) is 3.24. The molecule has 1 atom stereocenters. The number of hydrogen-bond acceptors (Lipinski definition) is 6. The molecule has 1 fully saturated rings. The smallest absolute Gasteiger partial charge is 0.348 e. The number of rotatable bonds is 6. The second-order valence-electron chi connectivity index (χ2n) is 5.74. The lowest BCUT2D eigenvalue weighted by Gasteiger charge is -2.21. The predicted octanol–water partition coefficient (Wildman–Crippen LogP) is 2.04. The summed E-state index contributed by atoms with van der Waals surface area (Å²) < 4.78 is 0. The van der Waals surface area contributed by atoms with Crippen molar-refractivity contribution in [1.82, 2.24) is 20.1 Å². The van der Waals surface area contributed by atoms with Crippen LogP contribution in [0.2, 0.25) is 0 Å². The first-order valence-corrected chi connectivity index (χ1v) is 8.66. The molecule has 9 heteroatoms. The van der Waals surface area contributed by atoms with Crippen LogP contribution in [-0.4, -0.2) is 50.2 Å². The van der Waals surface area contributed by atoms with Crippen molar-refractivity contribution in [1.29, 1.82) is 0 Å². The van der Waals surface area contributed by atoms with Crippen LogP contribution in [-0.2, 0) is 4.79 Å². The van der Waals surface area contributed by atoms with Crippen LogP contribution in [0.5, 0.6) is 0 Å². The van der Waals surface area contributed by atoms with E-state index in [1.807, 2.05) is 6.92 Å². The number of aromatic amines is 1. The molecular formula is C15H19N5O3S. The number of carboxylic acids is 1. The molecule has 3 heterocycles. The first-order valence-electron chi connectivity index (χ1n) is 7.78. The van der Waals surface area contributed by atoms with Gasteiger partial charge in [0.15, 0.2) is 5.82 Å². The van der Waals surface area contributed by atoms with E-state index in [1.165, 1.54) is 0 Å². The van der Waals surface area contributed by atoms with E-state index < -0.39 is 5.97 Å². The number of aromatic carboxylic acids is 1. The maximum absolute atomic E-state index is 12.1. The monoisotopic (exact) mass is 349 g/mol. The van der Waals surface area contributed by atoms with Gasteiger partial charge in [0.25, 0.3) is 0 Å². The molecular weight excluding hydrogens is 330 g/mol. The Morgan fingerprint density at radius 2 is 2.38 bits per heavy atom. The van der Waals surface area contributed by atoms with Crippen LogP contribution in [0, 0.1) is 6.92 Å². The SMILES string of the molecule is Cc1nc(C2CCCN2CCC(=O)Nc2ccsc2C(=O)O)n[nH]1. The van der Waals surface area contributed by atoms with E-state index >= 15 is 0 Å². The van der Waals surface area contributed by atoms with Gasteiger partial charge in [0.05, 0.1) is 11.7 Å². The fraction of sp³-hybridized carbons (Fsp3) is 0.467. The molecule has 0 spiro atoms. The lowest BCUT2D eigenvalue weighted by Crippen LogP contribution is -2.28. The summed E-state index contributed by atoms with van der Waals surface area (Å²) in [4.78, 5) is 29.9. The minimum atomic E-state index is -1.03. The summed E-state index contributed by atoms with van der Waals surface area (Å²) in [5, 5.41) is 20.5. The molecule has 1 amide bonds. The molecule has 8 nitrogen and oxygen atoms in total. The topological polar surface area (TPSA) is 111 Å². The Labute approximate surface area is 142 Å². The molecule has 2 aromatic heterocycles. The third-order valence-corrected chi connectivity index (χ3v) is 4.94.